The molecule has 0 aromatic carbocycles. The Morgan fingerprint density at radius 2 is 2.17 bits per heavy atom. The molecule has 0 saturated carbocycles. The highest BCUT2D eigenvalue weighted by Crippen LogP contribution is 1.92. The first-order chi connectivity index (χ1) is 5.57. The lowest BCUT2D eigenvalue weighted by molar-refractivity contribution is -0.565. The molecule has 5 nitrogen and oxygen atoms in total. The first-order valence-corrected chi connectivity index (χ1v) is 3.92. The lowest BCUT2D eigenvalue weighted by Crippen LogP contribution is -2.87. The summed E-state index contributed by atoms with van der Waals surface area (Å²) in [4.78, 5) is 21.1. The monoisotopic (exact) mass is 175 g/mol. The van der Waals surface area contributed by atoms with Crippen LogP contribution in [0.5, 0.6) is 0 Å². The summed E-state index contributed by atoms with van der Waals surface area (Å²) in [6.45, 7) is 2.54. The molecule has 1 amide bonds. The minimum absolute atomic E-state index is 0.0331. The maximum absolute atomic E-state index is 10.9. The molecule has 1 atom stereocenters. The van der Waals surface area contributed by atoms with E-state index in [0.717, 1.165) is 0 Å². The Bertz CT molecular complexity index is 170. The molecule has 12 heavy (non-hydrogen) atoms. The predicted molar refractivity (Wildman–Crippen MR) is 42.3 cm³/mol. The van der Waals surface area contributed by atoms with Crippen molar-refractivity contribution in [3.05, 3.63) is 0 Å². The van der Waals surface area contributed by atoms with Gasteiger partial charge in [-0.05, 0) is 13.3 Å². The number of quaternary nitrogens is 1. The van der Waals surface area contributed by atoms with Gasteiger partial charge in [-0.2, -0.15) is 0 Å². The molecule has 0 bridgehead atoms. The van der Waals surface area contributed by atoms with Gasteiger partial charge in [0, 0.05) is 0 Å². The van der Waals surface area contributed by atoms with Gasteiger partial charge in [0.25, 0.3) is 0 Å². The highest BCUT2D eigenvalue weighted by atomic mass is 16.4. The van der Waals surface area contributed by atoms with Crippen molar-refractivity contribution in [3.63, 3.8) is 0 Å². The van der Waals surface area contributed by atoms with Crippen LogP contribution in [0.3, 0.4) is 0 Å². The molecule has 1 unspecified atom stereocenters. The second-order valence-electron chi connectivity index (χ2n) is 2.56. The molecule has 0 aliphatic heterocycles. The highest BCUT2D eigenvalue weighted by Gasteiger charge is 2.14. The number of nitrogens with two attached hydrogens (primary N) is 2. The molecule has 0 aliphatic rings. The van der Waals surface area contributed by atoms with Gasteiger partial charge >= 0.3 is 11.9 Å². The summed E-state index contributed by atoms with van der Waals surface area (Å²) in [5, 5.41) is 9.91. The molecule has 0 radical (unpaired) electrons. The van der Waals surface area contributed by atoms with Crippen LogP contribution < -0.4 is 11.1 Å². The molecule has 0 rings (SSSR count). The number of carbonyl (C=O) groups excluding carboxylic acids is 1. The van der Waals surface area contributed by atoms with Crippen LogP contribution in [0, 0.1) is 0 Å². The molecule has 0 heterocycles. The quantitative estimate of drug-likeness (QED) is 0.463. The molecule has 0 spiro atoms. The van der Waals surface area contributed by atoms with Crippen molar-refractivity contribution in [3.8, 4) is 0 Å². The van der Waals surface area contributed by atoms with Crippen molar-refractivity contribution in [1.29, 1.82) is 0 Å². The zero-order valence-electron chi connectivity index (χ0n) is 7.12. The molecule has 70 valence electrons. The van der Waals surface area contributed by atoms with Gasteiger partial charge in [-0.25, -0.2) is 4.79 Å². The normalized spacial score (nSPS) is 12.5. The number of rotatable bonds is 5. The van der Waals surface area contributed by atoms with E-state index in [9.17, 15) is 9.59 Å². The second kappa shape index (κ2) is 5.68. The number of hydrogen-bond acceptors (Lipinski definition) is 3. The van der Waals surface area contributed by atoms with Crippen molar-refractivity contribution in [1.82, 2.24) is 0 Å². The van der Waals surface area contributed by atoms with Gasteiger partial charge in [-0.3, -0.25) is 10.1 Å². The first kappa shape index (κ1) is 11.1. The largest absolute Gasteiger partial charge is 0.480 e. The lowest BCUT2D eigenvalue weighted by atomic mass is 10.1. The summed E-state index contributed by atoms with van der Waals surface area (Å²) in [6, 6.07) is -0.917. The summed E-state index contributed by atoms with van der Waals surface area (Å²) in [5.74, 6) is -1.09. The van der Waals surface area contributed by atoms with Crippen molar-refractivity contribution in [2.24, 2.45) is 5.73 Å². The minimum Gasteiger partial charge on any atom is -0.480 e. The molecule has 0 aromatic rings. The smallest absolute Gasteiger partial charge is 0.320 e. The summed E-state index contributed by atoms with van der Waals surface area (Å²) in [7, 11) is 0. The predicted octanol–water partition coefficient (Wildman–Crippen LogP) is -1.71. The van der Waals surface area contributed by atoms with Crippen LogP contribution in [-0.2, 0) is 9.59 Å². The number of carbonyl (C=O) groups is 2. The highest BCUT2D eigenvalue weighted by molar-refractivity contribution is 5.74. The maximum Gasteiger partial charge on any atom is 0.320 e. The number of aliphatic carboxylic acids is 1. The fourth-order valence-electron chi connectivity index (χ4n) is 0.751. The molecule has 0 fully saturated rings. The van der Waals surface area contributed by atoms with Gasteiger partial charge in [0.05, 0.1) is 13.0 Å². The minimum atomic E-state index is -1.06. The summed E-state index contributed by atoms with van der Waals surface area (Å²) in [5.41, 5.74) is 5.20. The average Bonchev–Trinajstić information content (AvgIpc) is 2.00. The van der Waals surface area contributed by atoms with E-state index in [1.165, 1.54) is 5.32 Å². The summed E-state index contributed by atoms with van der Waals surface area (Å²) >= 11 is 0. The van der Waals surface area contributed by atoms with E-state index < -0.39 is 12.0 Å². The molecular weight excluding hydrogens is 160 g/mol. The number of primary amides is 1. The van der Waals surface area contributed by atoms with E-state index in [4.69, 9.17) is 10.8 Å². The zero-order chi connectivity index (χ0) is 9.56. The van der Waals surface area contributed by atoms with Crippen molar-refractivity contribution in [2.45, 2.75) is 25.8 Å². The summed E-state index contributed by atoms with van der Waals surface area (Å²) in [6.07, 6.45) is 0.436. The molecule has 5 heteroatoms. The Balaban J connectivity index is 3.54. The van der Waals surface area contributed by atoms with E-state index in [1.807, 2.05) is 6.92 Å². The van der Waals surface area contributed by atoms with Crippen LogP contribution in [0.4, 0.5) is 0 Å². The first-order valence-electron chi connectivity index (χ1n) is 3.92. The van der Waals surface area contributed by atoms with Crippen molar-refractivity contribution >= 4 is 11.9 Å². The molecular formula is C7H15N2O3+. The van der Waals surface area contributed by atoms with Crippen molar-refractivity contribution in [2.75, 3.05) is 6.54 Å². The van der Waals surface area contributed by atoms with Crippen molar-refractivity contribution < 1.29 is 20.0 Å². The Labute approximate surface area is 70.9 Å². The van der Waals surface area contributed by atoms with Gasteiger partial charge in [0.15, 0.2) is 0 Å². The van der Waals surface area contributed by atoms with Crippen LogP contribution in [0.1, 0.15) is 19.8 Å². The van der Waals surface area contributed by atoms with Gasteiger partial charge in [-0.1, -0.05) is 0 Å². The molecule has 0 saturated heterocycles. The third kappa shape index (κ3) is 4.81. The maximum atomic E-state index is 10.9. The molecule has 5 N–H and O–H groups in total. The molecule has 0 aromatic heterocycles. The summed E-state index contributed by atoms with van der Waals surface area (Å²) < 4.78 is 0. The van der Waals surface area contributed by atoms with Gasteiger partial charge in [-0.15, -0.1) is 0 Å². The Morgan fingerprint density at radius 1 is 1.58 bits per heavy atom. The lowest BCUT2D eigenvalue weighted by Gasteiger charge is -2.02. The Hall–Kier alpha value is -0.940. The number of carboxylic acid groups (broad SMARTS) is 1. The second-order valence-corrected chi connectivity index (χ2v) is 2.56. The van der Waals surface area contributed by atoms with E-state index in [0.29, 0.717) is 6.54 Å². The third-order valence-electron chi connectivity index (χ3n) is 1.45. The zero-order valence-corrected chi connectivity index (χ0v) is 7.12. The van der Waals surface area contributed by atoms with E-state index in [-0.39, 0.29) is 18.7 Å². The molecule has 0 aliphatic carbocycles. The van der Waals surface area contributed by atoms with Gasteiger partial charge in [0.1, 0.15) is 6.04 Å². The van der Waals surface area contributed by atoms with Crippen LogP contribution >= 0.6 is 0 Å². The Kier molecular flexibility index (Phi) is 5.23. The fraction of sp³-hybridized carbons (Fsp3) is 0.714. The Morgan fingerprint density at radius 3 is 2.58 bits per heavy atom. The van der Waals surface area contributed by atoms with Crippen LogP contribution in [-0.4, -0.2) is 29.6 Å². The topological polar surface area (TPSA) is 97.0 Å². The van der Waals surface area contributed by atoms with E-state index >= 15 is 0 Å². The third-order valence-corrected chi connectivity index (χ3v) is 1.45. The SMILES string of the molecule is CC[NH2+]C(=O)CCC(N)C(=O)O. The van der Waals surface area contributed by atoms with E-state index in [2.05, 4.69) is 0 Å². The van der Waals surface area contributed by atoms with Crippen LogP contribution in [0.25, 0.3) is 0 Å². The standard InChI is InChI=1S/C7H14N2O3/c1-2-9-6(10)4-3-5(8)7(11)12/h5H,2-4,8H2,1H3,(H,9,10)(H,11,12)/p+1. The van der Waals surface area contributed by atoms with Gasteiger partial charge in [0.2, 0.25) is 0 Å². The fourth-order valence-corrected chi connectivity index (χ4v) is 0.751. The van der Waals surface area contributed by atoms with Crippen LogP contribution in [0.15, 0.2) is 0 Å². The van der Waals surface area contributed by atoms with E-state index in [1.54, 1.807) is 0 Å². The average molecular weight is 175 g/mol. The van der Waals surface area contributed by atoms with Crippen LogP contribution in [0.2, 0.25) is 0 Å². The van der Waals surface area contributed by atoms with Gasteiger partial charge < -0.3 is 10.8 Å². The number of carboxylic acids is 1. The number of amides is 1. The number of hydrogen-bond donors (Lipinski definition) is 3.